The number of nitrogens with two attached hydrogens (primary N) is 1. The molecule has 394 valence electrons. The molecule has 0 radical (unpaired) electrons. The lowest BCUT2D eigenvalue weighted by Gasteiger charge is -2.28. The molecule has 22 heteroatoms. The van der Waals surface area contributed by atoms with E-state index in [1.807, 2.05) is 36.4 Å². The first kappa shape index (κ1) is 60.1. The molecular weight excluding hydrogens is 970 g/mol. The molecule has 1 aromatic heterocycles. The Morgan fingerprint density at radius 1 is 0.753 bits per heavy atom. The van der Waals surface area contributed by atoms with E-state index in [0.717, 1.165) is 47.9 Å². The first-order valence-corrected chi connectivity index (χ1v) is 25.1. The van der Waals surface area contributed by atoms with Crippen LogP contribution in [0.5, 0.6) is 0 Å². The van der Waals surface area contributed by atoms with Crippen LogP contribution in [0.2, 0.25) is 0 Å². The summed E-state index contributed by atoms with van der Waals surface area (Å²) < 4.78 is 17.8. The highest BCUT2D eigenvalue weighted by Crippen LogP contribution is 2.55. The summed E-state index contributed by atoms with van der Waals surface area (Å²) in [5.41, 5.74) is 11.5. The zero-order chi connectivity index (χ0) is 54.3. The lowest BCUT2D eigenvalue weighted by atomic mass is 9.97. The van der Waals surface area contributed by atoms with Crippen LogP contribution in [0.3, 0.4) is 0 Å². The van der Waals surface area contributed by atoms with Crippen molar-refractivity contribution in [3.8, 4) is 16.8 Å². The maximum atomic E-state index is 12.5. The van der Waals surface area contributed by atoms with Gasteiger partial charge in [-0.15, -0.1) is 5.10 Å². The van der Waals surface area contributed by atoms with E-state index in [9.17, 15) is 43.2 Å². The second kappa shape index (κ2) is 29.4. The third-order valence-corrected chi connectivity index (χ3v) is 13.6. The van der Waals surface area contributed by atoms with Crippen molar-refractivity contribution < 1.29 is 73.4 Å². The zero-order valence-electron chi connectivity index (χ0n) is 40.9. The maximum absolute atomic E-state index is 12.5. The summed E-state index contributed by atoms with van der Waals surface area (Å²) in [5, 5.41) is 49.8. The fraction of sp³-hybridized carbons (Fsp3) is 0.392. The van der Waals surface area contributed by atoms with Gasteiger partial charge in [-0.1, -0.05) is 124 Å². The topological polar surface area (TPSA) is 347 Å². The minimum absolute atomic E-state index is 0.00309. The number of nitrogens with zero attached hydrogens (tertiary/aromatic N) is 4. The van der Waals surface area contributed by atoms with Crippen molar-refractivity contribution in [2.45, 2.75) is 89.1 Å². The molecule has 0 saturated carbocycles. The number of benzene rings is 4. The number of aromatic nitrogens is 3. The molecule has 73 heavy (non-hydrogen) atoms. The van der Waals surface area contributed by atoms with Crippen molar-refractivity contribution in [2.24, 2.45) is 11.7 Å². The molecule has 1 heterocycles. The van der Waals surface area contributed by atoms with Crippen LogP contribution in [0.25, 0.3) is 27.7 Å². The number of fused-ring (bicyclic) bond motifs is 4. The second-order valence-electron chi connectivity index (χ2n) is 17.1. The van der Waals surface area contributed by atoms with Crippen LogP contribution in [-0.2, 0) is 44.5 Å². The van der Waals surface area contributed by atoms with E-state index < -0.39 is 54.5 Å². The Hall–Kier alpha value is -7.16. The van der Waals surface area contributed by atoms with Gasteiger partial charge in [0.1, 0.15) is 12.1 Å². The Kier molecular flexibility index (Phi) is 24.2. The van der Waals surface area contributed by atoms with E-state index >= 15 is 0 Å². The first-order valence-electron chi connectivity index (χ1n) is 23.5. The zero-order valence-corrected chi connectivity index (χ0v) is 41.8. The van der Waals surface area contributed by atoms with Crippen LogP contribution in [0, 0.1) is 5.92 Å². The summed E-state index contributed by atoms with van der Waals surface area (Å²) in [5.74, 6) is -7.26. The molecule has 1 aliphatic rings. The molecule has 0 fully saturated rings. The predicted octanol–water partition coefficient (Wildman–Crippen LogP) is 6.04. The van der Waals surface area contributed by atoms with Crippen LogP contribution in [0.1, 0.15) is 94.2 Å². The number of carboxylic acid groups (broad SMARTS) is 5. The van der Waals surface area contributed by atoms with E-state index in [-0.39, 0.29) is 50.4 Å². The summed E-state index contributed by atoms with van der Waals surface area (Å²) >= 11 is 0. The molecule has 21 nitrogen and oxygen atoms in total. The fourth-order valence-corrected chi connectivity index (χ4v) is 9.18. The average Bonchev–Trinajstić information content (AvgIpc) is 3.65. The predicted molar refractivity (Wildman–Crippen MR) is 269 cm³/mol. The number of unbranched alkanes of at least 4 members (excludes halogenated alkanes) is 4. The van der Waals surface area contributed by atoms with Crippen molar-refractivity contribution in [2.75, 3.05) is 33.3 Å². The molecule has 0 aliphatic heterocycles. The number of ether oxygens (including phenoxy) is 1. The van der Waals surface area contributed by atoms with Crippen LogP contribution in [0.15, 0.2) is 102 Å². The number of hydrogen-bond donors (Lipinski definition) is 8. The SMILES string of the molecule is CCCC(CC)(C(=O)O)P(=O)(O)O.CN(CC(=O)O)CC(=O)O.NCCCCCCCC(C(=O)O)C(=O)OCC1c2ccccc2-c2ccccc21.O=C(O)Cc1ccc(-n2nnc3ccccc3c2=O)cc1. The van der Waals surface area contributed by atoms with Gasteiger partial charge in [0.2, 0.25) is 0 Å². The van der Waals surface area contributed by atoms with Crippen LogP contribution in [0.4, 0.5) is 0 Å². The second-order valence-corrected chi connectivity index (χ2v) is 19.0. The van der Waals surface area contributed by atoms with Crippen molar-refractivity contribution >= 4 is 54.3 Å². The number of aliphatic carboxylic acids is 5. The Morgan fingerprint density at radius 2 is 1.29 bits per heavy atom. The summed E-state index contributed by atoms with van der Waals surface area (Å²) in [4.78, 5) is 96.9. The van der Waals surface area contributed by atoms with Gasteiger partial charge in [0.05, 0.1) is 30.6 Å². The quantitative estimate of drug-likeness (QED) is 0.0160. The molecule has 0 amide bonds. The largest absolute Gasteiger partial charge is 0.481 e. The fourth-order valence-electron chi connectivity index (χ4n) is 8.00. The van der Waals surface area contributed by atoms with E-state index in [4.69, 9.17) is 40.7 Å². The Bertz CT molecular complexity index is 2700. The normalized spacial score (nSPS) is 12.8. The van der Waals surface area contributed by atoms with Crippen LogP contribution in [-0.4, -0.2) is 129 Å². The standard InChI is InChI=1S/C24H29NO4.C15H11N3O3.C7H15O5P.C5H9NO4/c25-15-9-3-1-2-4-14-21(23(26)27)24(28)29-16-22-19-12-7-5-10-17(19)18-11-6-8-13-20(18)22;19-14(20)9-10-5-7-11(8-6-10)18-15(21)12-3-1-2-4-13(12)16-17-18;1-3-5-7(4-2,6(8)9)13(10,11)12;1-6(2-4(7)8)3-5(9)10/h5-8,10-13,21-22H,1-4,9,14-16,25H2,(H,26,27);1-8H,9H2,(H,19,20);3-5H2,1-2H3,(H,8,9)(H2,10,11,12);2-3H2,1H3,(H,7,8)(H,9,10). The van der Waals surface area contributed by atoms with Crippen molar-refractivity contribution in [1.82, 2.24) is 19.9 Å². The molecular formula is C51H64N5O16P. The molecule has 0 bridgehead atoms. The summed E-state index contributed by atoms with van der Waals surface area (Å²) in [7, 11) is -3.15. The van der Waals surface area contributed by atoms with E-state index in [0.29, 0.717) is 48.0 Å². The molecule has 6 rings (SSSR count). The minimum Gasteiger partial charge on any atom is -0.481 e. The Balaban J connectivity index is 0.000000279. The smallest absolute Gasteiger partial charge is 0.342 e. The number of likely N-dealkylation sites (N-methyl/N-ethyl adjacent to an activating group) is 1. The highest BCUT2D eigenvalue weighted by atomic mass is 31.2. The molecule has 1 aliphatic carbocycles. The van der Waals surface area contributed by atoms with Gasteiger partial charge in [-0.25, -0.2) is 0 Å². The average molecular weight is 1030 g/mol. The molecule has 4 aromatic carbocycles. The van der Waals surface area contributed by atoms with Crippen molar-refractivity contribution in [3.05, 3.63) is 124 Å². The lowest BCUT2D eigenvalue weighted by molar-refractivity contribution is -0.159. The van der Waals surface area contributed by atoms with E-state index in [1.165, 1.54) is 23.6 Å². The highest BCUT2D eigenvalue weighted by molar-refractivity contribution is 7.54. The number of esters is 1. The molecule has 0 saturated heterocycles. The van der Waals surface area contributed by atoms with Gasteiger partial charge in [0, 0.05) is 5.92 Å². The summed E-state index contributed by atoms with van der Waals surface area (Å²) in [6, 6.07) is 29.8. The number of hydrogen-bond acceptors (Lipinski definition) is 13. The molecule has 0 spiro atoms. The van der Waals surface area contributed by atoms with Gasteiger partial charge in [0.25, 0.3) is 5.56 Å². The molecule has 2 unspecified atom stereocenters. The van der Waals surface area contributed by atoms with Crippen molar-refractivity contribution in [1.29, 1.82) is 0 Å². The van der Waals surface area contributed by atoms with E-state index in [1.54, 1.807) is 55.5 Å². The number of rotatable bonds is 23. The van der Waals surface area contributed by atoms with E-state index in [2.05, 4.69) is 22.4 Å². The Labute approximate surface area is 421 Å². The molecule has 2 atom stereocenters. The van der Waals surface area contributed by atoms with Gasteiger partial charge in [-0.05, 0) is 91.4 Å². The summed E-state index contributed by atoms with van der Waals surface area (Å²) in [6.45, 7) is 3.52. The first-order chi connectivity index (χ1) is 34.6. The van der Waals surface area contributed by atoms with Gasteiger partial charge < -0.3 is 45.8 Å². The monoisotopic (exact) mass is 1030 g/mol. The van der Waals surface area contributed by atoms with Crippen molar-refractivity contribution in [3.63, 3.8) is 0 Å². The lowest BCUT2D eigenvalue weighted by Crippen LogP contribution is -2.37. The number of carboxylic acids is 5. The third-order valence-electron chi connectivity index (χ3n) is 11.8. The van der Waals surface area contributed by atoms with Gasteiger partial charge in [0.15, 0.2) is 11.1 Å². The molecule has 5 aromatic rings. The van der Waals surface area contributed by atoms with Gasteiger partial charge in [-0.2, -0.15) is 4.68 Å². The van der Waals surface area contributed by atoms with Crippen LogP contribution < -0.4 is 11.3 Å². The minimum atomic E-state index is -4.58. The van der Waals surface area contributed by atoms with Gasteiger partial charge in [-0.3, -0.25) is 43.0 Å². The molecule has 9 N–H and O–H groups in total. The van der Waals surface area contributed by atoms with Gasteiger partial charge >= 0.3 is 43.4 Å². The Morgan fingerprint density at radius 3 is 1.77 bits per heavy atom. The third kappa shape index (κ3) is 17.8. The maximum Gasteiger partial charge on any atom is 0.342 e. The highest BCUT2D eigenvalue weighted by Gasteiger charge is 2.51. The summed E-state index contributed by atoms with van der Waals surface area (Å²) in [6.07, 6.45) is 5.27. The van der Waals surface area contributed by atoms with Crippen LogP contribution >= 0.6 is 7.60 Å². The number of carbonyl (C=O) groups is 6. The number of carbonyl (C=O) groups excluding carboxylic acids is 1.